The van der Waals surface area contributed by atoms with Crippen LogP contribution in [0.1, 0.15) is 24.0 Å². The van der Waals surface area contributed by atoms with Crippen LogP contribution in [-0.4, -0.2) is 31.8 Å². The minimum Gasteiger partial charge on any atom is -0.426 e. The minimum atomic E-state index is -3.75. The van der Waals surface area contributed by atoms with E-state index in [0.717, 1.165) is 23.1 Å². The summed E-state index contributed by atoms with van der Waals surface area (Å²) < 4.78 is 50.8. The van der Waals surface area contributed by atoms with Gasteiger partial charge in [-0.3, -0.25) is 4.79 Å². The van der Waals surface area contributed by atoms with Crippen molar-refractivity contribution in [1.82, 2.24) is 4.31 Å². The maximum atomic E-state index is 13.1. The van der Waals surface area contributed by atoms with E-state index < -0.39 is 33.4 Å². The van der Waals surface area contributed by atoms with E-state index in [1.54, 1.807) is 26.0 Å². The van der Waals surface area contributed by atoms with Gasteiger partial charge in [0.25, 0.3) is 0 Å². The summed E-state index contributed by atoms with van der Waals surface area (Å²) in [6, 6.07) is 9.47. The van der Waals surface area contributed by atoms with Crippen molar-refractivity contribution in [3.63, 3.8) is 0 Å². The van der Waals surface area contributed by atoms with Crippen molar-refractivity contribution in [2.75, 3.05) is 13.1 Å². The highest BCUT2D eigenvalue weighted by Crippen LogP contribution is 2.30. The second kappa shape index (κ2) is 8.48. The molecule has 1 aliphatic rings. The highest BCUT2D eigenvalue weighted by atomic mass is 32.2. The molecule has 0 saturated carbocycles. The van der Waals surface area contributed by atoms with Crippen LogP contribution in [0.4, 0.5) is 4.39 Å². The number of aryl methyl sites for hydroxylation is 2. The quantitative estimate of drug-likeness (QED) is 0.336. The Labute approximate surface area is 184 Å². The van der Waals surface area contributed by atoms with Gasteiger partial charge in [-0.05, 0) is 68.7 Å². The molecule has 0 atom stereocenters. The number of piperidine rings is 1. The minimum absolute atomic E-state index is 0.0171. The van der Waals surface area contributed by atoms with Gasteiger partial charge in [-0.15, -0.1) is 0 Å². The van der Waals surface area contributed by atoms with E-state index in [1.165, 1.54) is 22.5 Å². The highest BCUT2D eigenvalue weighted by Gasteiger charge is 2.33. The smallest absolute Gasteiger partial charge is 0.336 e. The molecule has 0 amide bonds. The topological polar surface area (TPSA) is 93.9 Å². The molecule has 0 N–H and O–H groups in total. The molecule has 1 fully saturated rings. The number of ether oxygens (including phenoxy) is 1. The number of benzene rings is 2. The van der Waals surface area contributed by atoms with E-state index in [2.05, 4.69) is 0 Å². The van der Waals surface area contributed by atoms with E-state index >= 15 is 0 Å². The lowest BCUT2D eigenvalue weighted by molar-refractivity contribution is -0.140. The Bertz CT molecular complexity index is 1340. The van der Waals surface area contributed by atoms with Crippen LogP contribution in [0, 0.1) is 25.6 Å². The van der Waals surface area contributed by atoms with E-state index in [-0.39, 0.29) is 18.0 Å². The number of sulfonamides is 1. The standard InChI is InChI=1S/C23H22FNO6S/c1-14-13-21(26)31-22-15(2)20(8-7-19(14)22)30-23(27)16-9-11-25(12-10-16)32(28,29)18-5-3-17(24)4-6-18/h3-8,13,16H,9-12H2,1-2H3. The maximum absolute atomic E-state index is 13.1. The molecule has 2 aromatic carbocycles. The fourth-order valence-electron chi connectivity index (χ4n) is 3.89. The predicted molar refractivity (Wildman–Crippen MR) is 115 cm³/mol. The molecule has 3 aromatic rings. The first-order valence-electron chi connectivity index (χ1n) is 10.2. The summed E-state index contributed by atoms with van der Waals surface area (Å²) in [5, 5.41) is 0.765. The lowest BCUT2D eigenvalue weighted by Crippen LogP contribution is -2.41. The van der Waals surface area contributed by atoms with Gasteiger partial charge in [0.15, 0.2) is 0 Å². The second-order valence-electron chi connectivity index (χ2n) is 7.87. The molecule has 1 saturated heterocycles. The molecule has 168 valence electrons. The van der Waals surface area contributed by atoms with Gasteiger partial charge in [-0.2, -0.15) is 4.31 Å². The van der Waals surface area contributed by atoms with Gasteiger partial charge in [0.2, 0.25) is 10.0 Å². The van der Waals surface area contributed by atoms with E-state index in [9.17, 15) is 22.4 Å². The molecule has 0 unspecified atom stereocenters. The zero-order valence-corrected chi connectivity index (χ0v) is 18.4. The van der Waals surface area contributed by atoms with Gasteiger partial charge in [0.1, 0.15) is 17.1 Å². The van der Waals surface area contributed by atoms with Crippen molar-refractivity contribution in [3.8, 4) is 5.75 Å². The summed E-state index contributed by atoms with van der Waals surface area (Å²) >= 11 is 0. The maximum Gasteiger partial charge on any atom is 0.336 e. The van der Waals surface area contributed by atoms with E-state index in [4.69, 9.17) is 9.15 Å². The number of esters is 1. The van der Waals surface area contributed by atoms with Crippen LogP contribution in [-0.2, 0) is 14.8 Å². The molecule has 1 aliphatic heterocycles. The molecule has 0 aliphatic carbocycles. The molecular weight excluding hydrogens is 437 g/mol. The SMILES string of the molecule is Cc1cc(=O)oc2c(C)c(OC(=O)C3CCN(S(=O)(=O)c4ccc(F)cc4)CC3)ccc12. The Balaban J connectivity index is 1.46. The first kappa shape index (κ1) is 22.2. The summed E-state index contributed by atoms with van der Waals surface area (Å²) in [5.41, 5.74) is 1.22. The van der Waals surface area contributed by atoms with Gasteiger partial charge in [0, 0.05) is 30.1 Å². The number of hydrogen-bond donors (Lipinski definition) is 0. The van der Waals surface area contributed by atoms with Gasteiger partial charge >= 0.3 is 11.6 Å². The molecule has 2 heterocycles. The predicted octanol–water partition coefficient (Wildman–Crippen LogP) is 3.56. The van der Waals surface area contributed by atoms with Crippen molar-refractivity contribution in [2.24, 2.45) is 5.92 Å². The van der Waals surface area contributed by atoms with Crippen LogP contribution in [0.25, 0.3) is 11.0 Å². The Hall–Kier alpha value is -3.04. The van der Waals surface area contributed by atoms with Gasteiger partial charge < -0.3 is 9.15 Å². The third kappa shape index (κ3) is 4.18. The number of rotatable bonds is 4. The van der Waals surface area contributed by atoms with Crippen molar-refractivity contribution in [3.05, 3.63) is 69.8 Å². The van der Waals surface area contributed by atoms with Crippen LogP contribution in [0.3, 0.4) is 0 Å². The number of fused-ring (bicyclic) bond motifs is 1. The molecule has 4 rings (SSSR count). The molecule has 1 aromatic heterocycles. The first-order chi connectivity index (χ1) is 15.2. The Morgan fingerprint density at radius 2 is 1.75 bits per heavy atom. The zero-order chi connectivity index (χ0) is 23.0. The highest BCUT2D eigenvalue weighted by molar-refractivity contribution is 7.89. The van der Waals surface area contributed by atoms with Crippen LogP contribution in [0.15, 0.2) is 56.6 Å². The normalized spacial score (nSPS) is 15.7. The van der Waals surface area contributed by atoms with Crippen LogP contribution < -0.4 is 10.4 Å². The third-order valence-electron chi connectivity index (χ3n) is 5.77. The van der Waals surface area contributed by atoms with Crippen molar-refractivity contribution in [2.45, 2.75) is 31.6 Å². The molecular formula is C23H22FNO6S. The zero-order valence-electron chi connectivity index (χ0n) is 17.6. The molecule has 9 heteroatoms. The monoisotopic (exact) mass is 459 g/mol. The number of halogens is 1. The fourth-order valence-corrected chi connectivity index (χ4v) is 5.36. The van der Waals surface area contributed by atoms with Crippen molar-refractivity contribution in [1.29, 1.82) is 0 Å². The Morgan fingerprint density at radius 1 is 1.09 bits per heavy atom. The van der Waals surface area contributed by atoms with Crippen LogP contribution in [0.5, 0.6) is 5.75 Å². The average molecular weight is 459 g/mol. The van der Waals surface area contributed by atoms with Crippen LogP contribution >= 0.6 is 0 Å². The molecule has 0 radical (unpaired) electrons. The molecule has 0 spiro atoms. The molecule has 7 nitrogen and oxygen atoms in total. The van der Waals surface area contributed by atoms with Crippen molar-refractivity contribution >= 4 is 27.0 Å². The second-order valence-corrected chi connectivity index (χ2v) is 9.81. The Kier molecular flexibility index (Phi) is 5.87. The summed E-state index contributed by atoms with van der Waals surface area (Å²) in [6.45, 7) is 3.83. The third-order valence-corrected chi connectivity index (χ3v) is 7.68. The molecule has 32 heavy (non-hydrogen) atoms. The summed E-state index contributed by atoms with van der Waals surface area (Å²) in [6.07, 6.45) is 0.611. The van der Waals surface area contributed by atoms with Crippen LogP contribution in [0.2, 0.25) is 0 Å². The Morgan fingerprint density at radius 3 is 2.41 bits per heavy atom. The van der Waals surface area contributed by atoms with Gasteiger partial charge in [-0.25, -0.2) is 17.6 Å². The number of carbonyl (C=O) groups is 1. The summed E-state index contributed by atoms with van der Waals surface area (Å²) in [5.74, 6) is -1.13. The average Bonchev–Trinajstić information content (AvgIpc) is 2.76. The fraction of sp³-hybridized carbons (Fsp3) is 0.304. The number of carbonyl (C=O) groups excluding carboxylic acids is 1. The van der Waals surface area contributed by atoms with E-state index in [0.29, 0.717) is 29.7 Å². The summed E-state index contributed by atoms with van der Waals surface area (Å²) in [7, 11) is -3.75. The van der Waals surface area contributed by atoms with Crippen molar-refractivity contribution < 1.29 is 26.8 Å². The molecule has 0 bridgehead atoms. The van der Waals surface area contributed by atoms with E-state index in [1.807, 2.05) is 0 Å². The number of hydrogen-bond acceptors (Lipinski definition) is 6. The summed E-state index contributed by atoms with van der Waals surface area (Å²) in [4.78, 5) is 24.5. The lowest BCUT2D eigenvalue weighted by Gasteiger charge is -2.30. The largest absolute Gasteiger partial charge is 0.426 e. The number of nitrogens with zero attached hydrogens (tertiary/aromatic N) is 1. The van der Waals surface area contributed by atoms with Gasteiger partial charge in [-0.1, -0.05) is 0 Å². The lowest BCUT2D eigenvalue weighted by atomic mass is 9.98. The first-order valence-corrected chi connectivity index (χ1v) is 11.6. The van der Waals surface area contributed by atoms with Gasteiger partial charge in [0.05, 0.1) is 10.8 Å².